The van der Waals surface area contributed by atoms with E-state index in [0.717, 1.165) is 12.5 Å². The van der Waals surface area contributed by atoms with E-state index in [9.17, 15) is 23.6 Å². The lowest BCUT2D eigenvalue weighted by Gasteiger charge is -2.25. The van der Waals surface area contributed by atoms with Crippen molar-refractivity contribution in [3.63, 3.8) is 0 Å². The molecule has 3 atom stereocenters. The first-order valence-corrected chi connectivity index (χ1v) is 16.4. The number of nitrogens with one attached hydrogen (secondary N) is 1. The van der Waals surface area contributed by atoms with Crippen LogP contribution >= 0.6 is 0 Å². The average molecular weight is 658 g/mol. The topological polar surface area (TPSA) is 159 Å². The maximum absolute atomic E-state index is 14.4. The van der Waals surface area contributed by atoms with Crippen LogP contribution in [0.5, 0.6) is 17.2 Å². The predicted octanol–water partition coefficient (Wildman–Crippen LogP) is 3.84. The summed E-state index contributed by atoms with van der Waals surface area (Å²) in [5.74, 6) is 1.42. The SMILES string of the molecule is COc1ccc(CN(Cc2ccc(OC)cc2)S(=O)(=O)c2cc(OC[C@@H]3C[C@H]3CO)c(NC[C@H]3COCCO3)c([N+](=O)[O-])c2)cc1. The van der Waals surface area contributed by atoms with Gasteiger partial charge in [0.05, 0.1) is 56.6 Å². The largest absolute Gasteiger partial charge is 0.497 e. The molecule has 0 bridgehead atoms. The normalized spacial score (nSPS) is 19.4. The molecule has 1 heterocycles. The van der Waals surface area contributed by atoms with Gasteiger partial charge >= 0.3 is 0 Å². The highest BCUT2D eigenvalue weighted by Gasteiger charge is 2.38. The Balaban J connectivity index is 1.51. The molecular weight excluding hydrogens is 618 g/mol. The van der Waals surface area contributed by atoms with Gasteiger partial charge in [-0.25, -0.2) is 8.42 Å². The van der Waals surface area contributed by atoms with Gasteiger partial charge in [-0.1, -0.05) is 24.3 Å². The number of nitro benzene ring substituents is 1. The van der Waals surface area contributed by atoms with Crippen LogP contribution in [-0.4, -0.2) is 82.7 Å². The third-order valence-corrected chi connectivity index (χ3v) is 9.84. The number of aliphatic hydroxyl groups is 1. The van der Waals surface area contributed by atoms with Crippen molar-refractivity contribution in [1.82, 2.24) is 4.31 Å². The quantitative estimate of drug-likeness (QED) is 0.170. The van der Waals surface area contributed by atoms with Gasteiger partial charge in [0.1, 0.15) is 11.5 Å². The molecule has 14 heteroatoms. The molecule has 0 aromatic heterocycles. The number of sulfonamides is 1. The third kappa shape index (κ3) is 8.25. The molecule has 5 rings (SSSR count). The Morgan fingerprint density at radius 3 is 2.11 bits per heavy atom. The molecule has 1 aliphatic heterocycles. The van der Waals surface area contributed by atoms with Gasteiger partial charge in [0, 0.05) is 38.4 Å². The smallest absolute Gasteiger partial charge is 0.297 e. The molecule has 248 valence electrons. The van der Waals surface area contributed by atoms with Crippen molar-refractivity contribution in [2.75, 3.05) is 59.1 Å². The predicted molar refractivity (Wildman–Crippen MR) is 169 cm³/mol. The molecule has 0 radical (unpaired) electrons. The summed E-state index contributed by atoms with van der Waals surface area (Å²) in [5.41, 5.74) is 0.994. The first-order valence-electron chi connectivity index (χ1n) is 15.0. The number of hydrogen-bond acceptors (Lipinski definition) is 11. The van der Waals surface area contributed by atoms with Crippen LogP contribution in [-0.2, 0) is 32.6 Å². The van der Waals surface area contributed by atoms with Crippen molar-refractivity contribution in [3.8, 4) is 17.2 Å². The number of nitrogens with zero attached hydrogens (tertiary/aromatic N) is 2. The van der Waals surface area contributed by atoms with E-state index in [-0.39, 0.29) is 67.1 Å². The highest BCUT2D eigenvalue weighted by atomic mass is 32.2. The van der Waals surface area contributed by atoms with Crippen LogP contribution < -0.4 is 19.5 Å². The minimum Gasteiger partial charge on any atom is -0.497 e. The molecule has 3 aromatic rings. The number of hydrogen-bond donors (Lipinski definition) is 2. The number of ether oxygens (including phenoxy) is 5. The molecule has 2 aliphatic rings. The summed E-state index contributed by atoms with van der Waals surface area (Å²) in [6.07, 6.45) is 0.403. The Morgan fingerprint density at radius 2 is 1.61 bits per heavy atom. The van der Waals surface area contributed by atoms with E-state index in [2.05, 4.69) is 5.32 Å². The first kappa shape index (κ1) is 33.4. The van der Waals surface area contributed by atoms with Gasteiger partial charge in [0.2, 0.25) is 10.0 Å². The van der Waals surface area contributed by atoms with Gasteiger partial charge < -0.3 is 34.1 Å². The molecule has 46 heavy (non-hydrogen) atoms. The minimum atomic E-state index is -4.32. The Morgan fingerprint density at radius 1 is 0.978 bits per heavy atom. The standard InChI is InChI=1S/C32H39N3O10S/c1-41-26-7-3-22(4-8-26)17-34(18-23-5-9-27(42-2)10-6-23)46(39,40)29-14-30(35(37)38)32(33-16-28-21-43-11-12-44-28)31(15-29)45-20-25-13-24(25)19-36/h3-10,14-15,24-25,28,33,36H,11-13,16-21H2,1-2H3/t24-,25-,28-/m0/s1. The van der Waals surface area contributed by atoms with E-state index in [0.29, 0.717) is 42.4 Å². The molecule has 0 unspecified atom stereocenters. The summed E-state index contributed by atoms with van der Waals surface area (Å²) in [7, 11) is -1.23. The number of rotatable bonds is 16. The zero-order chi connectivity index (χ0) is 32.7. The summed E-state index contributed by atoms with van der Waals surface area (Å²) in [6, 6.07) is 16.4. The summed E-state index contributed by atoms with van der Waals surface area (Å²) >= 11 is 0. The number of aliphatic hydroxyl groups excluding tert-OH is 1. The van der Waals surface area contributed by atoms with Crippen molar-refractivity contribution < 1.29 is 42.1 Å². The van der Waals surface area contributed by atoms with Crippen LogP contribution in [0, 0.1) is 22.0 Å². The van der Waals surface area contributed by atoms with Gasteiger partial charge in [0.25, 0.3) is 5.69 Å². The number of nitro groups is 1. The second kappa shape index (κ2) is 15.1. The van der Waals surface area contributed by atoms with E-state index in [4.69, 9.17) is 23.7 Å². The highest BCUT2D eigenvalue weighted by molar-refractivity contribution is 7.89. The molecule has 13 nitrogen and oxygen atoms in total. The van der Waals surface area contributed by atoms with Crippen molar-refractivity contribution in [3.05, 3.63) is 81.9 Å². The Bertz CT molecular complexity index is 1530. The maximum atomic E-state index is 14.4. The van der Waals surface area contributed by atoms with E-state index in [1.54, 1.807) is 62.8 Å². The van der Waals surface area contributed by atoms with Crippen molar-refractivity contribution >= 4 is 21.4 Å². The van der Waals surface area contributed by atoms with Gasteiger partial charge in [0.15, 0.2) is 11.4 Å². The molecule has 3 aromatic carbocycles. The molecular formula is C32H39N3O10S. The van der Waals surface area contributed by atoms with E-state index >= 15 is 0 Å². The molecule has 2 N–H and O–H groups in total. The number of methoxy groups -OCH3 is 2. The molecule has 1 saturated carbocycles. The molecule has 1 saturated heterocycles. The van der Waals surface area contributed by atoms with Gasteiger partial charge in [-0.3, -0.25) is 10.1 Å². The van der Waals surface area contributed by atoms with Crippen molar-refractivity contribution in [2.24, 2.45) is 11.8 Å². The maximum Gasteiger partial charge on any atom is 0.297 e. The van der Waals surface area contributed by atoms with Gasteiger partial charge in [-0.05, 0) is 53.6 Å². The van der Waals surface area contributed by atoms with Crippen LogP contribution in [0.3, 0.4) is 0 Å². The molecule has 0 amide bonds. The van der Waals surface area contributed by atoms with Gasteiger partial charge in [-0.15, -0.1) is 0 Å². The second-order valence-corrected chi connectivity index (χ2v) is 13.2. The lowest BCUT2D eigenvalue weighted by molar-refractivity contribution is -0.384. The summed E-state index contributed by atoms with van der Waals surface area (Å²) in [4.78, 5) is 11.5. The van der Waals surface area contributed by atoms with E-state index in [1.165, 1.54) is 10.4 Å². The van der Waals surface area contributed by atoms with Crippen LogP contribution in [0.2, 0.25) is 0 Å². The fraction of sp³-hybridized carbons (Fsp3) is 0.438. The first-order chi connectivity index (χ1) is 22.2. The van der Waals surface area contributed by atoms with Crippen LogP contribution in [0.25, 0.3) is 0 Å². The summed E-state index contributed by atoms with van der Waals surface area (Å²) in [6.45, 7) is 1.53. The number of benzene rings is 3. The zero-order valence-corrected chi connectivity index (χ0v) is 26.6. The monoisotopic (exact) mass is 657 g/mol. The lowest BCUT2D eigenvalue weighted by atomic mass is 10.2. The fourth-order valence-electron chi connectivity index (χ4n) is 5.21. The Labute approximate surface area is 268 Å². The van der Waals surface area contributed by atoms with Crippen LogP contribution in [0.4, 0.5) is 11.4 Å². The Kier molecular flexibility index (Phi) is 11.0. The highest BCUT2D eigenvalue weighted by Crippen LogP contribution is 2.42. The van der Waals surface area contributed by atoms with Crippen molar-refractivity contribution in [1.29, 1.82) is 0 Å². The second-order valence-electron chi connectivity index (χ2n) is 11.2. The fourth-order valence-corrected chi connectivity index (χ4v) is 6.66. The van der Waals surface area contributed by atoms with Crippen molar-refractivity contribution in [2.45, 2.75) is 30.5 Å². The Hall–Kier alpha value is -3.95. The lowest BCUT2D eigenvalue weighted by Crippen LogP contribution is -2.34. The molecule has 0 spiro atoms. The third-order valence-electron chi connectivity index (χ3n) is 8.07. The molecule has 2 fully saturated rings. The zero-order valence-electron chi connectivity index (χ0n) is 25.8. The van der Waals surface area contributed by atoms with Crippen LogP contribution in [0.1, 0.15) is 17.5 Å². The summed E-state index contributed by atoms with van der Waals surface area (Å²) < 4.78 is 57.7. The molecule has 1 aliphatic carbocycles. The van der Waals surface area contributed by atoms with E-state index in [1.807, 2.05) is 0 Å². The van der Waals surface area contributed by atoms with E-state index < -0.39 is 20.6 Å². The van der Waals surface area contributed by atoms with Gasteiger partial charge in [-0.2, -0.15) is 4.31 Å². The van der Waals surface area contributed by atoms with Crippen LogP contribution in [0.15, 0.2) is 65.6 Å². The summed E-state index contributed by atoms with van der Waals surface area (Å²) in [5, 5.41) is 25.0. The minimum absolute atomic E-state index is 0.0123. The average Bonchev–Trinajstić information content (AvgIpc) is 3.85. The number of anilines is 1.